The average molecular weight is 232 g/mol. The van der Waals surface area contributed by atoms with Gasteiger partial charge in [-0.2, -0.15) is 0 Å². The Morgan fingerprint density at radius 3 is 3.06 bits per heavy atom. The summed E-state index contributed by atoms with van der Waals surface area (Å²) in [6.07, 6.45) is 1.49. The van der Waals surface area contributed by atoms with Gasteiger partial charge in [-0.3, -0.25) is 4.79 Å². The van der Waals surface area contributed by atoms with Gasteiger partial charge in [-0.1, -0.05) is 6.07 Å². The van der Waals surface area contributed by atoms with Crippen molar-refractivity contribution in [1.29, 1.82) is 0 Å². The molecule has 1 aromatic heterocycles. The second-order valence-electron chi connectivity index (χ2n) is 3.38. The molecule has 0 aliphatic heterocycles. The predicted octanol–water partition coefficient (Wildman–Crippen LogP) is -0.180. The van der Waals surface area contributed by atoms with Gasteiger partial charge in [0, 0.05) is 5.69 Å². The molecule has 0 saturated heterocycles. The molecule has 0 saturated carbocycles. The molecule has 7 heteroatoms. The number of benzene rings is 1. The number of carbonyl (C=O) groups is 1. The first kappa shape index (κ1) is 11.2. The predicted molar refractivity (Wildman–Crippen MR) is 61.7 cm³/mol. The minimum atomic E-state index is -0.0960. The van der Waals surface area contributed by atoms with Crippen LogP contribution in [0.15, 0.2) is 30.6 Å². The molecule has 88 valence electrons. The smallest absolute Gasteiger partial charge is 0.238 e. The molecule has 0 radical (unpaired) electrons. The number of nitrogens with zero attached hydrogens (tertiary/aromatic N) is 4. The third-order valence-electron chi connectivity index (χ3n) is 2.08. The van der Waals surface area contributed by atoms with Crippen LogP contribution in [0.1, 0.15) is 0 Å². The number of aromatic nitrogens is 4. The van der Waals surface area contributed by atoms with Gasteiger partial charge in [0.1, 0.15) is 6.33 Å². The molecule has 17 heavy (non-hydrogen) atoms. The second kappa shape index (κ2) is 5.17. The van der Waals surface area contributed by atoms with E-state index in [-0.39, 0.29) is 12.5 Å². The summed E-state index contributed by atoms with van der Waals surface area (Å²) < 4.78 is 1.52. The number of rotatable bonds is 4. The molecule has 0 spiro atoms. The summed E-state index contributed by atoms with van der Waals surface area (Å²) in [4.78, 5) is 11.4. The molecule has 0 atom stereocenters. The number of anilines is 1. The van der Waals surface area contributed by atoms with Crippen molar-refractivity contribution in [2.75, 3.05) is 18.9 Å². The van der Waals surface area contributed by atoms with Crippen LogP contribution in [0.4, 0.5) is 5.69 Å². The summed E-state index contributed by atoms with van der Waals surface area (Å²) >= 11 is 0. The van der Waals surface area contributed by atoms with Crippen molar-refractivity contribution in [2.24, 2.45) is 0 Å². The van der Waals surface area contributed by atoms with Crippen LogP contribution in [0.5, 0.6) is 0 Å². The van der Waals surface area contributed by atoms with Gasteiger partial charge in [-0.05, 0) is 35.7 Å². The monoisotopic (exact) mass is 232 g/mol. The summed E-state index contributed by atoms with van der Waals surface area (Å²) in [5, 5.41) is 16.4. The van der Waals surface area contributed by atoms with Crippen molar-refractivity contribution in [3.8, 4) is 5.69 Å². The Bertz CT molecular complexity index is 495. The summed E-state index contributed by atoms with van der Waals surface area (Å²) in [5.41, 5.74) is 1.50. The fourth-order valence-corrected chi connectivity index (χ4v) is 1.37. The standard InChI is InChI=1S/C10H12N6O/c1-11-6-10(17)13-8-3-2-4-9(5-8)16-7-12-14-15-16/h2-5,7,11H,6H2,1H3,(H,13,17). The summed E-state index contributed by atoms with van der Waals surface area (Å²) in [6, 6.07) is 7.28. The maximum absolute atomic E-state index is 11.4. The van der Waals surface area contributed by atoms with E-state index in [9.17, 15) is 4.79 Å². The van der Waals surface area contributed by atoms with Crippen molar-refractivity contribution >= 4 is 11.6 Å². The van der Waals surface area contributed by atoms with Crippen LogP contribution in [0.25, 0.3) is 5.69 Å². The third kappa shape index (κ3) is 2.85. The Balaban J connectivity index is 2.15. The lowest BCUT2D eigenvalue weighted by Gasteiger charge is -2.06. The molecular formula is C10H12N6O. The van der Waals surface area contributed by atoms with Crippen molar-refractivity contribution in [2.45, 2.75) is 0 Å². The van der Waals surface area contributed by atoms with Gasteiger partial charge >= 0.3 is 0 Å². The topological polar surface area (TPSA) is 84.7 Å². The van der Waals surface area contributed by atoms with E-state index in [1.54, 1.807) is 19.2 Å². The molecule has 0 fully saturated rings. The van der Waals surface area contributed by atoms with E-state index in [1.807, 2.05) is 12.1 Å². The molecule has 0 bridgehead atoms. The quantitative estimate of drug-likeness (QED) is 0.764. The van der Waals surface area contributed by atoms with E-state index in [1.165, 1.54) is 11.0 Å². The van der Waals surface area contributed by atoms with Gasteiger partial charge in [0.25, 0.3) is 0 Å². The van der Waals surface area contributed by atoms with Crippen LogP contribution in [0, 0.1) is 0 Å². The van der Waals surface area contributed by atoms with Crippen molar-refractivity contribution in [3.63, 3.8) is 0 Å². The highest BCUT2D eigenvalue weighted by Crippen LogP contribution is 2.12. The van der Waals surface area contributed by atoms with E-state index in [0.717, 1.165) is 5.69 Å². The lowest BCUT2D eigenvalue weighted by atomic mass is 10.3. The first-order chi connectivity index (χ1) is 8.29. The fraction of sp³-hybridized carbons (Fsp3) is 0.200. The van der Waals surface area contributed by atoms with Crippen LogP contribution in [0.3, 0.4) is 0 Å². The molecule has 1 heterocycles. The molecule has 2 aromatic rings. The van der Waals surface area contributed by atoms with E-state index in [0.29, 0.717) is 5.69 Å². The van der Waals surface area contributed by atoms with E-state index in [4.69, 9.17) is 0 Å². The first-order valence-corrected chi connectivity index (χ1v) is 5.07. The number of likely N-dealkylation sites (N-methyl/N-ethyl adjacent to an activating group) is 1. The zero-order valence-electron chi connectivity index (χ0n) is 9.29. The summed E-state index contributed by atoms with van der Waals surface area (Å²) in [5.74, 6) is -0.0960. The number of nitrogens with one attached hydrogen (secondary N) is 2. The van der Waals surface area contributed by atoms with Crippen molar-refractivity contribution < 1.29 is 4.79 Å². The molecule has 2 N–H and O–H groups in total. The molecule has 1 amide bonds. The van der Waals surface area contributed by atoms with E-state index < -0.39 is 0 Å². The number of amides is 1. The molecule has 1 aromatic carbocycles. The molecule has 7 nitrogen and oxygen atoms in total. The lowest BCUT2D eigenvalue weighted by molar-refractivity contribution is -0.115. The molecule has 0 aliphatic carbocycles. The van der Waals surface area contributed by atoms with Crippen LogP contribution in [-0.4, -0.2) is 39.7 Å². The molecule has 0 unspecified atom stereocenters. The number of hydrogen-bond acceptors (Lipinski definition) is 5. The SMILES string of the molecule is CNCC(=O)Nc1cccc(-n2cnnn2)c1. The van der Waals surface area contributed by atoms with Gasteiger partial charge in [-0.15, -0.1) is 5.10 Å². The van der Waals surface area contributed by atoms with Crippen LogP contribution in [0.2, 0.25) is 0 Å². The third-order valence-corrected chi connectivity index (χ3v) is 2.08. The normalized spacial score (nSPS) is 10.2. The van der Waals surface area contributed by atoms with Crippen LogP contribution >= 0.6 is 0 Å². The minimum absolute atomic E-state index is 0.0960. The highest BCUT2D eigenvalue weighted by atomic mass is 16.1. The van der Waals surface area contributed by atoms with Gasteiger partial charge < -0.3 is 10.6 Å². The van der Waals surface area contributed by atoms with Gasteiger partial charge in [-0.25, -0.2) is 4.68 Å². The molecule has 0 aliphatic rings. The van der Waals surface area contributed by atoms with Gasteiger partial charge in [0.15, 0.2) is 0 Å². The maximum Gasteiger partial charge on any atom is 0.238 e. The van der Waals surface area contributed by atoms with Gasteiger partial charge in [0.2, 0.25) is 5.91 Å². The molecule has 2 rings (SSSR count). The lowest BCUT2D eigenvalue weighted by Crippen LogP contribution is -2.25. The maximum atomic E-state index is 11.4. The van der Waals surface area contributed by atoms with Crippen molar-refractivity contribution in [3.05, 3.63) is 30.6 Å². The Kier molecular flexibility index (Phi) is 3.41. The van der Waals surface area contributed by atoms with E-state index >= 15 is 0 Å². The number of tetrazole rings is 1. The number of hydrogen-bond donors (Lipinski definition) is 2. The first-order valence-electron chi connectivity index (χ1n) is 5.07. The van der Waals surface area contributed by atoms with Crippen LogP contribution < -0.4 is 10.6 Å². The largest absolute Gasteiger partial charge is 0.325 e. The highest BCUT2D eigenvalue weighted by Gasteiger charge is 2.02. The van der Waals surface area contributed by atoms with Crippen LogP contribution in [-0.2, 0) is 4.79 Å². The summed E-state index contributed by atoms with van der Waals surface area (Å²) in [6.45, 7) is 0.273. The highest BCUT2D eigenvalue weighted by molar-refractivity contribution is 5.92. The second-order valence-corrected chi connectivity index (χ2v) is 3.38. The molecular weight excluding hydrogens is 220 g/mol. The Hall–Kier alpha value is -2.28. The average Bonchev–Trinajstić information content (AvgIpc) is 2.83. The zero-order chi connectivity index (χ0) is 12.1. The van der Waals surface area contributed by atoms with Gasteiger partial charge in [0.05, 0.1) is 12.2 Å². The summed E-state index contributed by atoms with van der Waals surface area (Å²) in [7, 11) is 1.72. The minimum Gasteiger partial charge on any atom is -0.325 e. The number of carbonyl (C=O) groups excluding carboxylic acids is 1. The Morgan fingerprint density at radius 1 is 1.47 bits per heavy atom. The zero-order valence-corrected chi connectivity index (χ0v) is 9.29. The Morgan fingerprint density at radius 2 is 2.35 bits per heavy atom. The van der Waals surface area contributed by atoms with Crippen molar-refractivity contribution in [1.82, 2.24) is 25.5 Å². The Labute approximate surface area is 97.8 Å². The van der Waals surface area contributed by atoms with E-state index in [2.05, 4.69) is 26.2 Å². The fourth-order valence-electron chi connectivity index (χ4n) is 1.37.